The number of methoxy groups -OCH3 is 1. The first-order valence-electron chi connectivity index (χ1n) is 5.33. The fourth-order valence-electron chi connectivity index (χ4n) is 1.19. The Morgan fingerprint density at radius 2 is 2.41 bits per heavy atom. The zero-order valence-corrected chi connectivity index (χ0v) is 10.8. The number of aliphatic hydroxyl groups is 1. The standard InChI is InChI=1S/C11H18N2O3S/c1-11(15,5-6-16-2)8-12-10(14)13-9-4-3-7-17-9/h3-4,7,15H,5-6,8H2,1-2H3,(H2,12,13,14). The van der Waals surface area contributed by atoms with Crippen molar-refractivity contribution < 1.29 is 14.6 Å². The van der Waals surface area contributed by atoms with E-state index in [0.717, 1.165) is 5.00 Å². The molecule has 0 fully saturated rings. The van der Waals surface area contributed by atoms with Gasteiger partial charge >= 0.3 is 6.03 Å². The molecule has 0 saturated carbocycles. The number of hydrogen-bond donors (Lipinski definition) is 3. The molecule has 3 N–H and O–H groups in total. The first-order valence-corrected chi connectivity index (χ1v) is 6.21. The summed E-state index contributed by atoms with van der Waals surface area (Å²) in [6.07, 6.45) is 0.475. The second-order valence-corrected chi connectivity index (χ2v) is 4.97. The highest BCUT2D eigenvalue weighted by Crippen LogP contribution is 2.14. The predicted molar refractivity (Wildman–Crippen MR) is 68.5 cm³/mol. The molecule has 2 amide bonds. The van der Waals surface area contributed by atoms with Crippen LogP contribution in [0.25, 0.3) is 0 Å². The van der Waals surface area contributed by atoms with Gasteiger partial charge in [-0.2, -0.15) is 0 Å². The fourth-order valence-corrected chi connectivity index (χ4v) is 1.80. The average Bonchev–Trinajstić information content (AvgIpc) is 2.77. The van der Waals surface area contributed by atoms with Crippen molar-refractivity contribution in [1.82, 2.24) is 5.32 Å². The number of ether oxygens (including phenoxy) is 1. The van der Waals surface area contributed by atoms with Gasteiger partial charge in [-0.1, -0.05) is 0 Å². The number of carbonyl (C=O) groups is 1. The number of rotatable bonds is 6. The lowest BCUT2D eigenvalue weighted by molar-refractivity contribution is 0.0273. The normalized spacial score (nSPS) is 14.1. The molecular weight excluding hydrogens is 240 g/mol. The van der Waals surface area contributed by atoms with Crippen LogP contribution in [0.3, 0.4) is 0 Å². The second-order valence-electron chi connectivity index (χ2n) is 4.02. The minimum Gasteiger partial charge on any atom is -0.388 e. The van der Waals surface area contributed by atoms with Gasteiger partial charge in [0.1, 0.15) is 0 Å². The molecule has 6 heteroatoms. The van der Waals surface area contributed by atoms with Crippen molar-refractivity contribution in [3.8, 4) is 0 Å². The number of nitrogens with one attached hydrogen (secondary N) is 2. The van der Waals surface area contributed by atoms with Crippen molar-refractivity contribution >= 4 is 22.4 Å². The van der Waals surface area contributed by atoms with Gasteiger partial charge in [-0.15, -0.1) is 11.3 Å². The third-order valence-electron chi connectivity index (χ3n) is 2.23. The molecule has 0 aliphatic carbocycles. The van der Waals surface area contributed by atoms with Gasteiger partial charge in [-0.3, -0.25) is 5.32 Å². The summed E-state index contributed by atoms with van der Waals surface area (Å²) in [6, 6.07) is 3.35. The van der Waals surface area contributed by atoms with Crippen LogP contribution in [0.5, 0.6) is 0 Å². The summed E-state index contributed by atoms with van der Waals surface area (Å²) in [4.78, 5) is 11.5. The molecule has 0 aliphatic rings. The Labute approximate surface area is 105 Å². The lowest BCUT2D eigenvalue weighted by atomic mass is 10.0. The van der Waals surface area contributed by atoms with E-state index in [1.54, 1.807) is 14.0 Å². The molecule has 1 atom stereocenters. The predicted octanol–water partition coefficient (Wildman–Crippen LogP) is 1.66. The molecule has 0 aromatic carbocycles. The minimum absolute atomic E-state index is 0.188. The SMILES string of the molecule is COCCC(C)(O)CNC(=O)Nc1cccs1. The van der Waals surface area contributed by atoms with Gasteiger partial charge in [-0.25, -0.2) is 4.79 Å². The van der Waals surface area contributed by atoms with E-state index in [2.05, 4.69) is 10.6 Å². The number of anilines is 1. The summed E-state index contributed by atoms with van der Waals surface area (Å²) >= 11 is 1.44. The highest BCUT2D eigenvalue weighted by atomic mass is 32.1. The van der Waals surface area contributed by atoms with Crippen LogP contribution in [0.2, 0.25) is 0 Å². The number of thiophene rings is 1. The van der Waals surface area contributed by atoms with E-state index in [-0.39, 0.29) is 12.6 Å². The molecule has 0 saturated heterocycles. The van der Waals surface area contributed by atoms with E-state index < -0.39 is 5.60 Å². The van der Waals surface area contributed by atoms with Gasteiger partial charge in [0.15, 0.2) is 0 Å². The van der Waals surface area contributed by atoms with Crippen molar-refractivity contribution in [2.75, 3.05) is 25.6 Å². The molecule has 5 nitrogen and oxygen atoms in total. The average molecular weight is 258 g/mol. The van der Waals surface area contributed by atoms with Gasteiger partial charge in [0.2, 0.25) is 0 Å². The van der Waals surface area contributed by atoms with Crippen LogP contribution in [0, 0.1) is 0 Å². The molecule has 96 valence electrons. The van der Waals surface area contributed by atoms with Gasteiger partial charge < -0.3 is 15.2 Å². The minimum atomic E-state index is -0.956. The Bertz CT molecular complexity index is 338. The number of carbonyl (C=O) groups excluding carboxylic acids is 1. The zero-order valence-electron chi connectivity index (χ0n) is 10.0. The first kappa shape index (κ1) is 14.0. The molecule has 0 radical (unpaired) electrons. The summed E-state index contributed by atoms with van der Waals surface area (Å²) in [6.45, 7) is 2.31. The zero-order chi connectivity index (χ0) is 12.7. The van der Waals surface area contributed by atoms with Gasteiger partial charge in [0.05, 0.1) is 10.6 Å². The highest BCUT2D eigenvalue weighted by Gasteiger charge is 2.20. The van der Waals surface area contributed by atoms with E-state index in [4.69, 9.17) is 4.74 Å². The summed E-state index contributed by atoms with van der Waals surface area (Å²) in [5.41, 5.74) is -0.956. The summed E-state index contributed by atoms with van der Waals surface area (Å²) in [7, 11) is 1.58. The fraction of sp³-hybridized carbons (Fsp3) is 0.545. The number of urea groups is 1. The van der Waals surface area contributed by atoms with Gasteiger partial charge in [0, 0.05) is 26.7 Å². The van der Waals surface area contributed by atoms with Crippen molar-refractivity contribution in [2.45, 2.75) is 18.9 Å². The lowest BCUT2D eigenvalue weighted by Gasteiger charge is -2.23. The molecule has 1 aromatic rings. The van der Waals surface area contributed by atoms with Crippen LogP contribution in [-0.2, 0) is 4.74 Å². The van der Waals surface area contributed by atoms with E-state index in [0.29, 0.717) is 13.0 Å². The summed E-state index contributed by atoms with van der Waals surface area (Å²) in [5.74, 6) is 0. The Balaban J connectivity index is 2.27. The smallest absolute Gasteiger partial charge is 0.319 e. The molecule has 1 aromatic heterocycles. The number of hydrogen-bond acceptors (Lipinski definition) is 4. The van der Waals surface area contributed by atoms with Gasteiger partial charge in [0.25, 0.3) is 0 Å². The van der Waals surface area contributed by atoms with Crippen LogP contribution < -0.4 is 10.6 Å². The molecule has 1 unspecified atom stereocenters. The largest absolute Gasteiger partial charge is 0.388 e. The monoisotopic (exact) mass is 258 g/mol. The Morgan fingerprint density at radius 3 is 3.00 bits per heavy atom. The second kappa shape index (κ2) is 6.58. The first-order chi connectivity index (χ1) is 8.03. The van der Waals surface area contributed by atoms with E-state index >= 15 is 0 Å². The third kappa shape index (κ3) is 5.67. The maximum absolute atomic E-state index is 11.5. The van der Waals surface area contributed by atoms with Crippen LogP contribution in [0.1, 0.15) is 13.3 Å². The summed E-state index contributed by atoms with van der Waals surface area (Å²) in [5, 5.41) is 17.9. The molecule has 17 heavy (non-hydrogen) atoms. The third-order valence-corrected chi connectivity index (χ3v) is 3.02. The molecule has 0 spiro atoms. The van der Waals surface area contributed by atoms with E-state index in [1.807, 2.05) is 17.5 Å². The number of amides is 2. The maximum Gasteiger partial charge on any atom is 0.319 e. The van der Waals surface area contributed by atoms with Crippen LogP contribution in [0.4, 0.5) is 9.80 Å². The van der Waals surface area contributed by atoms with Crippen molar-refractivity contribution in [1.29, 1.82) is 0 Å². The topological polar surface area (TPSA) is 70.6 Å². The molecule has 1 heterocycles. The van der Waals surface area contributed by atoms with Crippen molar-refractivity contribution in [2.24, 2.45) is 0 Å². The van der Waals surface area contributed by atoms with Crippen LogP contribution >= 0.6 is 11.3 Å². The quantitative estimate of drug-likeness (QED) is 0.726. The summed E-state index contributed by atoms with van der Waals surface area (Å²) < 4.78 is 4.88. The molecule has 0 aliphatic heterocycles. The Morgan fingerprint density at radius 1 is 1.65 bits per heavy atom. The van der Waals surface area contributed by atoms with Crippen LogP contribution in [0.15, 0.2) is 17.5 Å². The highest BCUT2D eigenvalue weighted by molar-refractivity contribution is 7.14. The Hall–Kier alpha value is -1.11. The van der Waals surface area contributed by atoms with E-state index in [9.17, 15) is 9.90 Å². The maximum atomic E-state index is 11.5. The van der Waals surface area contributed by atoms with Gasteiger partial charge in [-0.05, 0) is 24.4 Å². The van der Waals surface area contributed by atoms with E-state index in [1.165, 1.54) is 11.3 Å². The molecular formula is C11H18N2O3S. The molecule has 0 bridgehead atoms. The van der Waals surface area contributed by atoms with Crippen LogP contribution in [-0.4, -0.2) is 37.0 Å². The van der Waals surface area contributed by atoms with Crippen molar-refractivity contribution in [3.05, 3.63) is 17.5 Å². The molecule has 1 rings (SSSR count). The lowest BCUT2D eigenvalue weighted by Crippen LogP contribution is -2.42. The Kier molecular flexibility index (Phi) is 5.40. The van der Waals surface area contributed by atoms with Crippen molar-refractivity contribution in [3.63, 3.8) is 0 Å².